The molecular formula is C28H45N3O4. The van der Waals surface area contributed by atoms with E-state index < -0.39 is 23.8 Å². The summed E-state index contributed by atoms with van der Waals surface area (Å²) in [5.41, 5.74) is 2.08. The molecule has 0 aliphatic heterocycles. The van der Waals surface area contributed by atoms with Crippen LogP contribution in [0.2, 0.25) is 0 Å². The fourth-order valence-electron chi connectivity index (χ4n) is 4.47. The summed E-state index contributed by atoms with van der Waals surface area (Å²) in [5, 5.41) is 5.87. The molecule has 0 aromatic heterocycles. The maximum atomic E-state index is 14.3. The number of amides is 3. The molecule has 0 heterocycles. The molecule has 0 bridgehead atoms. The van der Waals surface area contributed by atoms with E-state index in [0.717, 1.165) is 23.1 Å². The number of carbonyl (C=O) groups excluding carboxylic acids is 3. The summed E-state index contributed by atoms with van der Waals surface area (Å²) >= 11 is 0. The molecule has 1 aliphatic rings. The lowest BCUT2D eigenvalue weighted by Crippen LogP contribution is -2.56. The van der Waals surface area contributed by atoms with Gasteiger partial charge < -0.3 is 20.3 Å². The smallest absolute Gasteiger partial charge is 0.408 e. The highest BCUT2D eigenvalue weighted by molar-refractivity contribution is 5.93. The number of ether oxygens (including phenoxy) is 1. The van der Waals surface area contributed by atoms with E-state index in [-0.39, 0.29) is 35.7 Å². The van der Waals surface area contributed by atoms with E-state index >= 15 is 0 Å². The lowest BCUT2D eigenvalue weighted by molar-refractivity contribution is -0.144. The number of alkyl carbamates (subject to hydrolysis) is 1. The molecule has 1 aliphatic carbocycles. The van der Waals surface area contributed by atoms with Crippen molar-refractivity contribution in [3.63, 3.8) is 0 Å². The van der Waals surface area contributed by atoms with Gasteiger partial charge in [0.15, 0.2) is 0 Å². The van der Waals surface area contributed by atoms with Crippen LogP contribution in [0.3, 0.4) is 0 Å². The predicted molar refractivity (Wildman–Crippen MR) is 139 cm³/mol. The summed E-state index contributed by atoms with van der Waals surface area (Å²) in [6, 6.07) is 4.17. The van der Waals surface area contributed by atoms with Crippen molar-refractivity contribution in [2.75, 3.05) is 0 Å². The maximum Gasteiger partial charge on any atom is 0.408 e. The molecule has 2 rings (SSSR count). The van der Waals surface area contributed by atoms with Gasteiger partial charge in [0, 0.05) is 12.1 Å². The van der Waals surface area contributed by atoms with Crippen molar-refractivity contribution >= 4 is 17.9 Å². The van der Waals surface area contributed by atoms with E-state index in [1.165, 1.54) is 0 Å². The molecule has 3 amide bonds. The van der Waals surface area contributed by atoms with Gasteiger partial charge in [-0.05, 0) is 83.4 Å². The van der Waals surface area contributed by atoms with Gasteiger partial charge in [-0.1, -0.05) is 45.4 Å². The molecule has 5 atom stereocenters. The van der Waals surface area contributed by atoms with Crippen LogP contribution in [0.15, 0.2) is 18.2 Å². The standard InChI is InChI=1S/C28H45N3O4/c1-11-17(4)23(30-27(34)35-28(8,9)10)26(33)31(21-15-20(21)7)24(25(32)29-16(2)3)22-18(5)13-12-14-19(22)6/h12-14,16-17,20-21,23-24H,11,15H2,1-10H3,(H,29,32)(H,30,34). The second-order valence-corrected chi connectivity index (χ2v) is 11.4. The van der Waals surface area contributed by atoms with Crippen molar-refractivity contribution in [2.45, 2.75) is 112 Å². The molecule has 35 heavy (non-hydrogen) atoms. The largest absolute Gasteiger partial charge is 0.444 e. The molecule has 1 saturated carbocycles. The summed E-state index contributed by atoms with van der Waals surface area (Å²) in [6.07, 6.45) is 0.879. The Morgan fingerprint density at radius 2 is 1.63 bits per heavy atom. The zero-order chi connectivity index (χ0) is 26.7. The first-order valence-corrected chi connectivity index (χ1v) is 12.9. The highest BCUT2D eigenvalue weighted by atomic mass is 16.6. The minimum absolute atomic E-state index is 0.0728. The molecule has 2 N–H and O–H groups in total. The van der Waals surface area contributed by atoms with Crippen LogP contribution in [-0.2, 0) is 14.3 Å². The number of carbonyl (C=O) groups is 3. The lowest BCUT2D eigenvalue weighted by Gasteiger charge is -2.37. The van der Waals surface area contributed by atoms with Gasteiger partial charge in [-0.2, -0.15) is 0 Å². The average Bonchev–Trinajstić information content (AvgIpc) is 3.44. The minimum Gasteiger partial charge on any atom is -0.444 e. The number of benzene rings is 1. The number of rotatable bonds is 9. The van der Waals surface area contributed by atoms with E-state index in [4.69, 9.17) is 4.74 Å². The van der Waals surface area contributed by atoms with Crippen LogP contribution in [0, 0.1) is 25.7 Å². The molecule has 1 fully saturated rings. The summed E-state index contributed by atoms with van der Waals surface area (Å²) in [4.78, 5) is 42.4. The van der Waals surface area contributed by atoms with Crippen molar-refractivity contribution in [3.05, 3.63) is 34.9 Å². The Morgan fingerprint density at radius 3 is 2.06 bits per heavy atom. The summed E-state index contributed by atoms with van der Waals surface area (Å²) in [6.45, 7) is 19.2. The number of nitrogens with one attached hydrogen (secondary N) is 2. The van der Waals surface area contributed by atoms with Crippen LogP contribution in [-0.4, -0.2) is 46.5 Å². The first-order chi connectivity index (χ1) is 16.2. The van der Waals surface area contributed by atoms with Gasteiger partial charge in [-0.3, -0.25) is 9.59 Å². The SMILES string of the molecule is CCC(C)C(NC(=O)OC(C)(C)C)C(=O)N(C(C(=O)NC(C)C)c1c(C)cccc1C)C1CC1C. The summed E-state index contributed by atoms with van der Waals surface area (Å²) < 4.78 is 5.47. The fraction of sp³-hybridized carbons (Fsp3) is 0.679. The minimum atomic E-state index is -0.804. The van der Waals surface area contributed by atoms with E-state index in [9.17, 15) is 14.4 Å². The van der Waals surface area contributed by atoms with Crippen LogP contribution in [0.5, 0.6) is 0 Å². The third-order valence-corrected chi connectivity index (χ3v) is 6.60. The van der Waals surface area contributed by atoms with E-state index in [1.807, 2.05) is 59.7 Å². The molecule has 0 spiro atoms. The Balaban J connectivity index is 2.58. The molecular weight excluding hydrogens is 442 g/mol. The highest BCUT2D eigenvalue weighted by Crippen LogP contribution is 2.42. The van der Waals surface area contributed by atoms with Crippen molar-refractivity contribution in [2.24, 2.45) is 11.8 Å². The van der Waals surface area contributed by atoms with Crippen molar-refractivity contribution in [1.29, 1.82) is 0 Å². The normalized spacial score (nSPS) is 20.0. The Hall–Kier alpha value is -2.57. The average molecular weight is 488 g/mol. The van der Waals surface area contributed by atoms with Crippen molar-refractivity contribution < 1.29 is 19.1 Å². The van der Waals surface area contributed by atoms with Gasteiger partial charge in [0.1, 0.15) is 17.7 Å². The Kier molecular flexibility index (Phi) is 9.37. The number of nitrogens with zero attached hydrogens (tertiary/aromatic N) is 1. The lowest BCUT2D eigenvalue weighted by atomic mass is 9.91. The molecule has 0 radical (unpaired) electrons. The first-order valence-electron chi connectivity index (χ1n) is 12.9. The molecule has 7 heteroatoms. The van der Waals surface area contributed by atoms with Crippen LogP contribution in [0.1, 0.15) is 91.0 Å². The molecule has 0 saturated heterocycles. The quantitative estimate of drug-likeness (QED) is 0.510. The Morgan fingerprint density at radius 1 is 1.09 bits per heavy atom. The topological polar surface area (TPSA) is 87.7 Å². The number of hydrogen-bond acceptors (Lipinski definition) is 4. The van der Waals surface area contributed by atoms with Gasteiger partial charge in [-0.15, -0.1) is 0 Å². The third-order valence-electron chi connectivity index (χ3n) is 6.60. The van der Waals surface area contributed by atoms with E-state index in [1.54, 1.807) is 25.7 Å². The van der Waals surface area contributed by atoms with Crippen LogP contribution in [0.4, 0.5) is 4.79 Å². The number of aryl methyl sites for hydroxylation is 2. The Bertz CT molecular complexity index is 901. The second-order valence-electron chi connectivity index (χ2n) is 11.4. The molecule has 196 valence electrons. The fourth-order valence-corrected chi connectivity index (χ4v) is 4.47. The molecule has 5 unspecified atom stereocenters. The van der Waals surface area contributed by atoms with Crippen molar-refractivity contribution in [3.8, 4) is 0 Å². The van der Waals surface area contributed by atoms with Crippen LogP contribution < -0.4 is 10.6 Å². The molecule has 1 aromatic carbocycles. The van der Waals surface area contributed by atoms with Crippen molar-refractivity contribution in [1.82, 2.24) is 15.5 Å². The zero-order valence-corrected chi connectivity index (χ0v) is 23.2. The highest BCUT2D eigenvalue weighted by Gasteiger charge is 2.49. The van der Waals surface area contributed by atoms with Gasteiger partial charge >= 0.3 is 6.09 Å². The van der Waals surface area contributed by atoms with E-state index in [0.29, 0.717) is 6.42 Å². The maximum absolute atomic E-state index is 14.3. The third kappa shape index (κ3) is 7.45. The van der Waals surface area contributed by atoms with E-state index in [2.05, 4.69) is 17.6 Å². The second kappa shape index (κ2) is 11.4. The predicted octanol–water partition coefficient (Wildman–Crippen LogP) is 5.05. The Labute approximate surface area is 211 Å². The first kappa shape index (κ1) is 28.7. The van der Waals surface area contributed by atoms with Gasteiger partial charge in [-0.25, -0.2) is 4.79 Å². The number of hydrogen-bond donors (Lipinski definition) is 2. The molecule has 1 aromatic rings. The van der Waals surface area contributed by atoms with Crippen LogP contribution >= 0.6 is 0 Å². The molecule has 7 nitrogen and oxygen atoms in total. The monoisotopic (exact) mass is 487 g/mol. The summed E-state index contributed by atoms with van der Waals surface area (Å²) in [5.74, 6) is -0.314. The van der Waals surface area contributed by atoms with Gasteiger partial charge in [0.2, 0.25) is 11.8 Å². The van der Waals surface area contributed by atoms with Gasteiger partial charge in [0.25, 0.3) is 0 Å². The van der Waals surface area contributed by atoms with Crippen LogP contribution in [0.25, 0.3) is 0 Å². The summed E-state index contributed by atoms with van der Waals surface area (Å²) in [7, 11) is 0. The van der Waals surface area contributed by atoms with Gasteiger partial charge in [0.05, 0.1) is 0 Å². The zero-order valence-electron chi connectivity index (χ0n) is 23.2.